The fourth-order valence-electron chi connectivity index (χ4n) is 12.2. The molecule has 3 nitrogen and oxygen atoms in total. The second kappa shape index (κ2) is 18.6. The molecule has 418 valence electrons. The van der Waals surface area contributed by atoms with Crippen molar-refractivity contribution in [2.75, 3.05) is 14.7 Å². The Morgan fingerprint density at radius 1 is 0.476 bits per heavy atom. The van der Waals surface area contributed by atoms with Crippen molar-refractivity contribution in [3.8, 4) is 11.1 Å². The van der Waals surface area contributed by atoms with E-state index in [9.17, 15) is 31.5 Å². The molecule has 2 aliphatic carbocycles. The second-order valence-corrected chi connectivity index (χ2v) is 30.4. The van der Waals surface area contributed by atoms with Gasteiger partial charge in [0, 0.05) is 48.4 Å². The van der Waals surface area contributed by atoms with Crippen molar-refractivity contribution >= 4 is 106 Å². The number of hydrogen-bond donors (Lipinski definition) is 0. The molecule has 0 saturated carbocycles. The number of thiophene rings is 2. The standard InChI is InChI=1S/C76H84BN3S2/c1-70(2,3)48-30-28-47(29-31-48)55-42-50(72(7,8)9)34-37-59(55)80-61-44-54(78(51-24-20-18-21-25-51)52-26-22-19-23-27-52)43-60-65(61)77(64-56-45-57-58(46-62(56)81-69(64)80)74(12,13)39-38-73(57,10)11)68-66(63-67(82-68)76(16,17)41-40-75(63,14)15)79(60)53-35-32-49(33-36-53)71(4,5)6/h18-37,42-46H,38-41H2,1-17H3/i18D,19D,20D,21D,22D,23D,24D,25D,26D,27D,28D,29D,30D,31D,32D,33D,34D,35D,36D,37D,42D,43D,44D,45D,46D. The fraction of sp³-hybridized carbons (Fsp3) is 0.368. The van der Waals surface area contributed by atoms with Crippen molar-refractivity contribution in [1.82, 2.24) is 0 Å². The number of benzene rings is 7. The minimum atomic E-state index is -1.38. The Kier molecular flexibility index (Phi) is 7.53. The summed E-state index contributed by atoms with van der Waals surface area (Å²) in [4.78, 5) is 4.21. The van der Waals surface area contributed by atoms with Crippen LogP contribution in [-0.4, -0.2) is 6.71 Å². The molecule has 2 aromatic heterocycles. The van der Waals surface area contributed by atoms with Crippen LogP contribution in [0.15, 0.2) is 151 Å². The van der Waals surface area contributed by atoms with Gasteiger partial charge >= 0.3 is 0 Å². The zero-order valence-electron chi connectivity index (χ0n) is 75.1. The van der Waals surface area contributed by atoms with Crippen molar-refractivity contribution in [1.29, 1.82) is 0 Å². The van der Waals surface area contributed by atoms with Gasteiger partial charge in [-0.2, -0.15) is 11.3 Å². The third kappa shape index (κ3) is 8.76. The van der Waals surface area contributed by atoms with E-state index in [0.29, 0.717) is 52.1 Å². The molecule has 0 bridgehead atoms. The van der Waals surface area contributed by atoms with E-state index < -0.39 is 235 Å². The third-order valence-corrected chi connectivity index (χ3v) is 20.0. The molecule has 0 spiro atoms. The van der Waals surface area contributed by atoms with E-state index in [0.717, 1.165) is 16.2 Å². The maximum atomic E-state index is 11.6. The van der Waals surface area contributed by atoms with Crippen molar-refractivity contribution < 1.29 is 34.3 Å². The highest BCUT2D eigenvalue weighted by Gasteiger charge is 2.53. The molecule has 13 rings (SSSR count). The lowest BCUT2D eigenvalue weighted by molar-refractivity contribution is 0.332. The Morgan fingerprint density at radius 2 is 0.976 bits per heavy atom. The van der Waals surface area contributed by atoms with E-state index >= 15 is 0 Å². The molecular weight excluding hydrogens is 1030 g/mol. The van der Waals surface area contributed by atoms with Crippen LogP contribution < -0.4 is 30.4 Å². The lowest BCUT2D eigenvalue weighted by Gasteiger charge is -2.45. The topological polar surface area (TPSA) is 9.72 Å². The summed E-state index contributed by atoms with van der Waals surface area (Å²) in [6.45, 7) is 30.3. The molecular formula is C76H84BN3S2. The summed E-state index contributed by atoms with van der Waals surface area (Å²) >= 11 is 2.33. The molecule has 0 unspecified atom stereocenters. The molecule has 0 N–H and O–H groups in total. The van der Waals surface area contributed by atoms with E-state index in [1.54, 1.807) is 62.3 Å². The Bertz CT molecular complexity index is 5350. The van der Waals surface area contributed by atoms with Gasteiger partial charge in [0.05, 0.1) is 56.3 Å². The van der Waals surface area contributed by atoms with Gasteiger partial charge in [0.1, 0.15) is 0 Å². The Balaban J connectivity index is 1.42. The number of anilines is 9. The number of para-hydroxylation sites is 2. The Labute approximate surface area is 534 Å². The quantitative estimate of drug-likeness (QED) is 0.154. The molecule has 2 aliphatic heterocycles. The highest BCUT2D eigenvalue weighted by atomic mass is 32.1. The van der Waals surface area contributed by atoms with Gasteiger partial charge in [0.2, 0.25) is 0 Å². The molecule has 0 atom stereocenters. The molecule has 9 aromatic rings. The Morgan fingerprint density at radius 3 is 1.54 bits per heavy atom. The average Bonchev–Trinajstić information content (AvgIpc) is 1.58. The first-order valence-electron chi connectivity index (χ1n) is 40.9. The smallest absolute Gasteiger partial charge is 0.266 e. The van der Waals surface area contributed by atoms with Gasteiger partial charge in [-0.1, -0.05) is 196 Å². The summed E-state index contributed by atoms with van der Waals surface area (Å²) < 4.78 is 253. The van der Waals surface area contributed by atoms with E-state index in [-0.39, 0.29) is 60.5 Å². The minimum Gasteiger partial charge on any atom is -0.310 e. The average molecular weight is 1140 g/mol. The summed E-state index contributed by atoms with van der Waals surface area (Å²) in [6.07, 6.45) is 2.31. The summed E-state index contributed by atoms with van der Waals surface area (Å²) in [5, 5.41) is 0.228. The third-order valence-electron chi connectivity index (χ3n) is 17.3. The van der Waals surface area contributed by atoms with E-state index in [1.165, 1.54) is 21.1 Å². The monoisotopic (exact) mass is 1140 g/mol. The summed E-state index contributed by atoms with van der Waals surface area (Å²) in [6, 6.07) is -18.1. The van der Waals surface area contributed by atoms with Crippen molar-refractivity contribution in [2.45, 2.75) is 181 Å². The number of hydrogen-bond acceptors (Lipinski definition) is 5. The van der Waals surface area contributed by atoms with Gasteiger partial charge in [-0.05, 0) is 191 Å². The molecule has 0 fully saturated rings. The maximum Gasteiger partial charge on any atom is 0.266 e. The van der Waals surface area contributed by atoms with Crippen molar-refractivity contribution in [3.63, 3.8) is 0 Å². The second-order valence-electron chi connectivity index (χ2n) is 28.4. The largest absolute Gasteiger partial charge is 0.310 e. The van der Waals surface area contributed by atoms with Crippen LogP contribution in [0.3, 0.4) is 0 Å². The van der Waals surface area contributed by atoms with E-state index in [4.69, 9.17) is 2.74 Å². The Hall–Kier alpha value is -6.34. The van der Waals surface area contributed by atoms with Crippen LogP contribution in [0.25, 0.3) is 21.2 Å². The molecule has 4 heterocycles. The van der Waals surface area contributed by atoms with Gasteiger partial charge in [0.15, 0.2) is 0 Å². The van der Waals surface area contributed by atoms with E-state index in [2.05, 4.69) is 13.8 Å². The molecule has 0 saturated heterocycles. The normalized spacial score (nSPS) is 21.7. The minimum absolute atomic E-state index is 0.00108. The molecule has 0 amide bonds. The number of nitrogens with zero attached hydrogens (tertiary/aromatic N) is 3. The van der Waals surface area contributed by atoms with Crippen molar-refractivity contribution in [2.24, 2.45) is 0 Å². The predicted octanol–water partition coefficient (Wildman–Crippen LogP) is 20.8. The summed E-state index contributed by atoms with van der Waals surface area (Å²) in [7, 11) is 0. The predicted molar refractivity (Wildman–Crippen MR) is 361 cm³/mol. The van der Waals surface area contributed by atoms with Gasteiger partial charge in [-0.3, -0.25) is 0 Å². The fourth-order valence-corrected chi connectivity index (χ4v) is 15.2. The highest BCUT2D eigenvalue weighted by Crippen LogP contribution is 2.59. The molecule has 6 heteroatoms. The number of fused-ring (bicyclic) bond motifs is 9. The van der Waals surface area contributed by atoms with Crippen LogP contribution in [0.1, 0.15) is 216 Å². The first-order chi connectivity index (χ1) is 49.0. The van der Waals surface area contributed by atoms with Crippen LogP contribution in [-0.2, 0) is 37.9 Å². The number of rotatable bonds is 6. The lowest BCUT2D eigenvalue weighted by Crippen LogP contribution is -2.60. The van der Waals surface area contributed by atoms with Crippen LogP contribution in [0, 0.1) is 0 Å². The first-order valence-corrected chi connectivity index (χ1v) is 30.0. The van der Waals surface area contributed by atoms with E-state index in [1.807, 2.05) is 41.5 Å². The van der Waals surface area contributed by atoms with Crippen LogP contribution in [0.4, 0.5) is 50.5 Å². The maximum absolute atomic E-state index is 11.6. The summed E-state index contributed by atoms with van der Waals surface area (Å²) in [5.74, 6) is 0. The van der Waals surface area contributed by atoms with Gasteiger partial charge in [0.25, 0.3) is 6.71 Å². The van der Waals surface area contributed by atoms with Gasteiger partial charge in [-0.25, -0.2) is 0 Å². The zero-order chi connectivity index (χ0) is 79.8. The molecule has 4 aliphatic rings. The van der Waals surface area contributed by atoms with Crippen LogP contribution >= 0.6 is 22.7 Å². The zero-order valence-corrected chi connectivity index (χ0v) is 51.7. The van der Waals surface area contributed by atoms with Gasteiger partial charge in [-0.15, -0.1) is 11.3 Å². The first kappa shape index (κ1) is 33.2. The molecule has 82 heavy (non-hydrogen) atoms. The highest BCUT2D eigenvalue weighted by molar-refractivity contribution is 7.32. The lowest BCUT2D eigenvalue weighted by atomic mass is 9.36. The SMILES string of the molecule is [2H]c1c([2H])c([2H])c(N(c2c([2H])c([2H])c([2H])c([2H])c2[2H])c2c([2H])c3c4c(c2[2H])N(c2c([2H])c([2H])c(C(C)(C)C)c([2H])c2[2H])c2c(sc5c2C(C)(C)CCC5(C)C)B4c2c(sc4c([2H])c5c(c([2H])c24)C(C)(C)CCC5(C)C)N3c2c([2H])c([2H])c(C(C)(C)C)c([2H])c2-c2c([2H])c([2H])c(C(C)(C)C)c([2H])c2[2H])c([2H])c1[2H]. The van der Waals surface area contributed by atoms with Crippen LogP contribution in [0.2, 0.25) is 0 Å². The van der Waals surface area contributed by atoms with Crippen molar-refractivity contribution in [3.05, 3.63) is 189 Å². The molecule has 7 aromatic carbocycles. The van der Waals surface area contributed by atoms with Gasteiger partial charge < -0.3 is 14.7 Å². The molecule has 0 radical (unpaired) electrons. The summed E-state index contributed by atoms with van der Waals surface area (Å²) in [5.41, 5.74) is -9.84. The van der Waals surface area contributed by atoms with Crippen LogP contribution in [0.5, 0.6) is 0 Å².